The van der Waals surface area contributed by atoms with Gasteiger partial charge in [0.25, 0.3) is 0 Å². The van der Waals surface area contributed by atoms with E-state index in [0.29, 0.717) is 0 Å². The molecule has 10 heteroatoms. The van der Waals surface area contributed by atoms with Crippen molar-refractivity contribution in [2.45, 2.75) is 39.9 Å². The molecule has 48 heavy (non-hydrogen) atoms. The smallest absolute Gasteiger partial charge is 0.427 e. The normalized spacial score (nSPS) is 11.2. The molecule has 248 valence electrons. The maximum Gasteiger partial charge on any atom is 0.427 e. The fourth-order valence-corrected chi connectivity index (χ4v) is 4.58. The highest BCUT2D eigenvalue weighted by molar-refractivity contribution is 5.97. The number of benzene rings is 5. The van der Waals surface area contributed by atoms with Gasteiger partial charge in [-0.25, -0.2) is 9.59 Å². The predicted molar refractivity (Wildman–Crippen MR) is 176 cm³/mol. The third-order valence-electron chi connectivity index (χ3n) is 6.81. The molecule has 0 radical (unpaired) electrons. The van der Waals surface area contributed by atoms with Gasteiger partial charge in [0.2, 0.25) is 0 Å². The maximum absolute atomic E-state index is 15.5. The molecule has 0 amide bonds. The molecule has 0 atom stereocenters. The quantitative estimate of drug-likeness (QED) is 0.0643. The van der Waals surface area contributed by atoms with Crippen molar-refractivity contribution >= 4 is 33.5 Å². The van der Waals surface area contributed by atoms with E-state index in [1.165, 1.54) is 50.2 Å². The van der Waals surface area contributed by atoms with Crippen LogP contribution >= 0.6 is 0 Å². The third-order valence-corrected chi connectivity index (χ3v) is 6.81. The molecule has 0 aliphatic heterocycles. The molecule has 0 aliphatic rings. The zero-order valence-corrected chi connectivity index (χ0v) is 26.6. The Balaban J connectivity index is 0.00000255. The molecule has 0 unspecified atom stereocenters. The van der Waals surface area contributed by atoms with Crippen molar-refractivity contribution in [3.63, 3.8) is 0 Å². The summed E-state index contributed by atoms with van der Waals surface area (Å²) in [5.74, 6) is -1.92. The maximum atomic E-state index is 15.5. The summed E-state index contributed by atoms with van der Waals surface area (Å²) >= 11 is 0. The minimum Gasteiger partial charge on any atom is -0.429 e. The second-order valence-corrected chi connectivity index (χ2v) is 10.4. The number of esters is 2. The van der Waals surface area contributed by atoms with Crippen LogP contribution in [0.5, 0.6) is 23.0 Å². The summed E-state index contributed by atoms with van der Waals surface area (Å²) in [4.78, 5) is 24.1. The minimum atomic E-state index is -3.86. The molecule has 0 bridgehead atoms. The van der Waals surface area contributed by atoms with Gasteiger partial charge in [0.15, 0.2) is 0 Å². The Morgan fingerprint density at radius 1 is 0.521 bits per heavy atom. The lowest BCUT2D eigenvalue weighted by Gasteiger charge is -2.22. The standard InChI is InChI=1S/C36H26F4O6.C2H6/c1-21(2)33(41)43-31-19-17-29(25-9-5-7-11-27(25)31)35(37,38)45-23-13-15-24(16-14-23)46-36(39,40)30-18-20-32(44-34(42)22(3)4)28-12-8-6-10-26(28)30;1-2/h5-20H,1,3H2,2,4H3;1-2H3. The van der Waals surface area contributed by atoms with Crippen molar-refractivity contribution in [3.05, 3.63) is 132 Å². The first kappa shape index (κ1) is 35.2. The van der Waals surface area contributed by atoms with Gasteiger partial charge in [0.05, 0.1) is 11.1 Å². The van der Waals surface area contributed by atoms with Gasteiger partial charge in [-0.15, -0.1) is 0 Å². The first-order chi connectivity index (χ1) is 22.8. The lowest BCUT2D eigenvalue weighted by Crippen LogP contribution is -2.23. The average Bonchev–Trinajstić information content (AvgIpc) is 3.06. The first-order valence-corrected chi connectivity index (χ1v) is 14.8. The van der Waals surface area contributed by atoms with Crippen LogP contribution in [-0.4, -0.2) is 11.9 Å². The van der Waals surface area contributed by atoms with Crippen LogP contribution in [0, 0.1) is 0 Å². The predicted octanol–water partition coefficient (Wildman–Crippen LogP) is 10.2. The van der Waals surface area contributed by atoms with Crippen LogP contribution < -0.4 is 18.9 Å². The summed E-state index contributed by atoms with van der Waals surface area (Å²) in [6.07, 6.45) is -7.73. The molecule has 5 aromatic carbocycles. The molecule has 0 heterocycles. The van der Waals surface area contributed by atoms with Crippen molar-refractivity contribution in [2.24, 2.45) is 0 Å². The SMILES string of the molecule is C=C(C)C(=O)Oc1ccc(C(F)(F)Oc2ccc(OC(F)(F)c3ccc(OC(=O)C(=C)C)c4ccccc34)cc2)c2ccccc12.CC. The topological polar surface area (TPSA) is 71.1 Å². The Bertz CT molecular complexity index is 1860. The zero-order chi connectivity index (χ0) is 35.2. The molecule has 5 aromatic rings. The summed E-state index contributed by atoms with van der Waals surface area (Å²) in [6.45, 7) is 14.0. The number of halogens is 4. The number of alkyl halides is 4. The highest BCUT2D eigenvalue weighted by atomic mass is 19.3. The third kappa shape index (κ3) is 7.66. The largest absolute Gasteiger partial charge is 0.429 e. The number of hydrogen-bond donors (Lipinski definition) is 0. The fraction of sp³-hybridized carbons (Fsp3) is 0.158. The first-order valence-electron chi connectivity index (χ1n) is 14.8. The van der Waals surface area contributed by atoms with E-state index in [4.69, 9.17) is 18.9 Å². The monoisotopic (exact) mass is 660 g/mol. The number of carbonyl (C=O) groups excluding carboxylic acids is 2. The van der Waals surface area contributed by atoms with Gasteiger partial charge in [-0.3, -0.25) is 0 Å². The van der Waals surface area contributed by atoms with Gasteiger partial charge in [-0.05, 0) is 73.2 Å². The molecule has 0 fully saturated rings. The molecule has 6 nitrogen and oxygen atoms in total. The summed E-state index contributed by atoms with van der Waals surface area (Å²) < 4.78 is 82.4. The molecular weight excluding hydrogens is 628 g/mol. The van der Waals surface area contributed by atoms with Gasteiger partial charge in [0.1, 0.15) is 23.0 Å². The fourth-order valence-electron chi connectivity index (χ4n) is 4.58. The van der Waals surface area contributed by atoms with Gasteiger partial charge >= 0.3 is 24.2 Å². The highest BCUT2D eigenvalue weighted by Crippen LogP contribution is 2.41. The minimum absolute atomic E-state index is 0.0703. The van der Waals surface area contributed by atoms with Crippen LogP contribution in [0.2, 0.25) is 0 Å². The van der Waals surface area contributed by atoms with Gasteiger partial charge in [-0.1, -0.05) is 75.5 Å². The van der Waals surface area contributed by atoms with Gasteiger partial charge in [0, 0.05) is 21.9 Å². The second kappa shape index (κ2) is 14.4. The second-order valence-electron chi connectivity index (χ2n) is 10.4. The van der Waals surface area contributed by atoms with E-state index in [-0.39, 0.29) is 55.7 Å². The van der Waals surface area contributed by atoms with E-state index in [0.717, 1.165) is 36.4 Å². The Kier molecular flexibility index (Phi) is 10.6. The van der Waals surface area contributed by atoms with Crippen molar-refractivity contribution in [2.75, 3.05) is 0 Å². The number of hydrogen-bond acceptors (Lipinski definition) is 6. The molecule has 0 aromatic heterocycles. The highest BCUT2D eigenvalue weighted by Gasteiger charge is 2.38. The molecule has 0 saturated carbocycles. The molecule has 0 N–H and O–H groups in total. The van der Waals surface area contributed by atoms with Crippen LogP contribution in [0.1, 0.15) is 38.8 Å². The summed E-state index contributed by atoms with van der Waals surface area (Å²) in [6, 6.07) is 21.1. The lowest BCUT2D eigenvalue weighted by atomic mass is 10.0. The van der Waals surface area contributed by atoms with Crippen molar-refractivity contribution in [1.82, 2.24) is 0 Å². The lowest BCUT2D eigenvalue weighted by molar-refractivity contribution is -0.186. The number of rotatable bonds is 10. The number of fused-ring (bicyclic) bond motifs is 2. The average molecular weight is 661 g/mol. The van der Waals surface area contributed by atoms with Crippen molar-refractivity contribution in [3.8, 4) is 23.0 Å². The zero-order valence-electron chi connectivity index (χ0n) is 26.6. The van der Waals surface area contributed by atoms with E-state index in [2.05, 4.69) is 13.2 Å². The van der Waals surface area contributed by atoms with E-state index in [1.54, 1.807) is 24.3 Å². The van der Waals surface area contributed by atoms with Crippen LogP contribution in [0.4, 0.5) is 17.6 Å². The van der Waals surface area contributed by atoms with E-state index >= 15 is 17.6 Å². The van der Waals surface area contributed by atoms with Gasteiger partial charge in [-0.2, -0.15) is 17.6 Å². The van der Waals surface area contributed by atoms with Crippen LogP contribution in [-0.2, 0) is 21.8 Å². The molecule has 0 saturated heterocycles. The molecular formula is C38H32F4O6. The van der Waals surface area contributed by atoms with Crippen LogP contribution in [0.15, 0.2) is 121 Å². The number of carbonyl (C=O) groups is 2. The molecule has 0 aliphatic carbocycles. The Labute approximate surface area is 274 Å². The van der Waals surface area contributed by atoms with Crippen LogP contribution in [0.25, 0.3) is 21.5 Å². The van der Waals surface area contributed by atoms with Crippen LogP contribution in [0.3, 0.4) is 0 Å². The van der Waals surface area contributed by atoms with Crippen molar-refractivity contribution in [1.29, 1.82) is 0 Å². The summed E-state index contributed by atoms with van der Waals surface area (Å²) in [7, 11) is 0. The molecule has 0 spiro atoms. The van der Waals surface area contributed by atoms with E-state index in [1.807, 2.05) is 13.8 Å². The summed E-state index contributed by atoms with van der Waals surface area (Å²) in [5, 5.41) is 0.648. The Morgan fingerprint density at radius 3 is 1.15 bits per heavy atom. The Morgan fingerprint density at radius 2 is 0.833 bits per heavy atom. The Hall–Kier alpha value is -5.64. The van der Waals surface area contributed by atoms with Gasteiger partial charge < -0.3 is 18.9 Å². The molecule has 5 rings (SSSR count). The van der Waals surface area contributed by atoms with E-state index in [9.17, 15) is 9.59 Å². The summed E-state index contributed by atoms with van der Waals surface area (Å²) in [5.41, 5.74) is -0.733. The number of ether oxygens (including phenoxy) is 4. The van der Waals surface area contributed by atoms with Crippen molar-refractivity contribution < 1.29 is 46.1 Å². The van der Waals surface area contributed by atoms with E-state index < -0.39 is 35.3 Å².